The molecule has 0 radical (unpaired) electrons. The third-order valence-electron chi connectivity index (χ3n) is 4.17. The number of hydrogen-bond donors (Lipinski definition) is 2. The Bertz CT molecular complexity index is 468. The Morgan fingerprint density at radius 2 is 2.05 bits per heavy atom. The molecule has 0 spiro atoms. The second kappa shape index (κ2) is 7.91. The van der Waals surface area contributed by atoms with Crippen molar-refractivity contribution in [3.05, 3.63) is 23.8 Å². The van der Waals surface area contributed by atoms with Crippen LogP contribution in [0.1, 0.15) is 44.1 Å². The smallest absolute Gasteiger partial charge is 0.319 e. The normalized spacial score (nSPS) is 15.5. The molecule has 0 aromatic heterocycles. The number of carbonyl (C=O) groups excluding carboxylic acids is 1. The summed E-state index contributed by atoms with van der Waals surface area (Å²) in [5.74, 6) is 1.47. The molecule has 116 valence electrons. The quantitative estimate of drug-likeness (QED) is 0.858. The summed E-state index contributed by atoms with van der Waals surface area (Å²) in [7, 11) is 1.61. The van der Waals surface area contributed by atoms with E-state index in [1.807, 2.05) is 25.1 Å². The molecule has 21 heavy (non-hydrogen) atoms. The summed E-state index contributed by atoms with van der Waals surface area (Å²) in [6, 6.07) is 5.59. The van der Waals surface area contributed by atoms with Crippen molar-refractivity contribution in [3.8, 4) is 5.75 Å². The summed E-state index contributed by atoms with van der Waals surface area (Å²) in [6.45, 7) is 2.73. The molecular weight excluding hydrogens is 264 g/mol. The lowest BCUT2D eigenvalue weighted by Crippen LogP contribution is -2.31. The zero-order valence-corrected chi connectivity index (χ0v) is 13.1. The van der Waals surface area contributed by atoms with Crippen LogP contribution in [0, 0.1) is 12.8 Å². The molecule has 4 heteroatoms. The molecule has 0 aliphatic heterocycles. The second-order valence-corrected chi connectivity index (χ2v) is 5.88. The molecule has 1 fully saturated rings. The fourth-order valence-electron chi connectivity index (χ4n) is 2.95. The Morgan fingerprint density at radius 3 is 2.76 bits per heavy atom. The van der Waals surface area contributed by atoms with Crippen LogP contribution in [0.3, 0.4) is 0 Å². The minimum absolute atomic E-state index is 0.158. The van der Waals surface area contributed by atoms with Crippen LogP contribution in [-0.2, 0) is 0 Å². The fraction of sp³-hybridized carbons (Fsp3) is 0.588. The number of hydrogen-bond acceptors (Lipinski definition) is 2. The molecule has 1 aliphatic carbocycles. The van der Waals surface area contributed by atoms with Gasteiger partial charge in [0.2, 0.25) is 0 Å². The second-order valence-electron chi connectivity index (χ2n) is 5.88. The molecule has 0 heterocycles. The first-order valence-electron chi connectivity index (χ1n) is 7.88. The number of urea groups is 1. The Morgan fingerprint density at radius 1 is 1.29 bits per heavy atom. The van der Waals surface area contributed by atoms with Crippen LogP contribution in [0.2, 0.25) is 0 Å². The fourth-order valence-corrected chi connectivity index (χ4v) is 2.95. The van der Waals surface area contributed by atoms with E-state index in [2.05, 4.69) is 10.6 Å². The predicted octanol–water partition coefficient (Wildman–Crippen LogP) is 4.10. The van der Waals surface area contributed by atoms with Gasteiger partial charge in [-0.05, 0) is 37.0 Å². The van der Waals surface area contributed by atoms with Gasteiger partial charge in [-0.3, -0.25) is 0 Å². The topological polar surface area (TPSA) is 50.4 Å². The molecule has 0 saturated heterocycles. The van der Waals surface area contributed by atoms with Gasteiger partial charge in [0.15, 0.2) is 0 Å². The highest BCUT2D eigenvalue weighted by molar-refractivity contribution is 5.91. The van der Waals surface area contributed by atoms with E-state index in [9.17, 15) is 4.79 Å². The van der Waals surface area contributed by atoms with E-state index in [4.69, 9.17) is 4.74 Å². The molecule has 0 bridgehead atoms. The van der Waals surface area contributed by atoms with Gasteiger partial charge in [0, 0.05) is 6.54 Å². The molecule has 1 aliphatic rings. The van der Waals surface area contributed by atoms with Crippen LogP contribution < -0.4 is 15.4 Å². The number of nitrogens with one attached hydrogen (secondary N) is 2. The number of rotatable bonds is 5. The van der Waals surface area contributed by atoms with E-state index >= 15 is 0 Å². The lowest BCUT2D eigenvalue weighted by atomic mass is 9.87. The van der Waals surface area contributed by atoms with Crippen LogP contribution in [0.5, 0.6) is 5.75 Å². The summed E-state index contributed by atoms with van der Waals surface area (Å²) < 4.78 is 5.26. The van der Waals surface area contributed by atoms with Gasteiger partial charge in [0.1, 0.15) is 5.75 Å². The van der Waals surface area contributed by atoms with Crippen molar-refractivity contribution in [3.63, 3.8) is 0 Å². The average molecular weight is 290 g/mol. The number of benzene rings is 1. The Labute approximate surface area is 127 Å². The van der Waals surface area contributed by atoms with E-state index < -0.39 is 0 Å². The minimum Gasteiger partial charge on any atom is -0.495 e. The van der Waals surface area contributed by atoms with Crippen LogP contribution in [0.4, 0.5) is 10.5 Å². The Balaban J connectivity index is 1.77. The molecule has 0 atom stereocenters. The number of anilines is 1. The molecule has 2 rings (SSSR count). The van der Waals surface area contributed by atoms with E-state index in [-0.39, 0.29) is 6.03 Å². The van der Waals surface area contributed by atoms with E-state index in [1.54, 1.807) is 7.11 Å². The van der Waals surface area contributed by atoms with Crippen LogP contribution in [0.15, 0.2) is 18.2 Å². The van der Waals surface area contributed by atoms with Gasteiger partial charge in [-0.25, -0.2) is 4.79 Å². The summed E-state index contributed by atoms with van der Waals surface area (Å²) in [5.41, 5.74) is 1.81. The van der Waals surface area contributed by atoms with Crippen molar-refractivity contribution < 1.29 is 9.53 Å². The number of aryl methyl sites for hydroxylation is 1. The van der Waals surface area contributed by atoms with Gasteiger partial charge >= 0.3 is 6.03 Å². The lowest BCUT2D eigenvalue weighted by Gasteiger charge is -2.21. The van der Waals surface area contributed by atoms with Crippen LogP contribution in [0.25, 0.3) is 0 Å². The number of amides is 2. The van der Waals surface area contributed by atoms with Gasteiger partial charge in [0.05, 0.1) is 12.8 Å². The van der Waals surface area contributed by atoms with Crippen molar-refractivity contribution >= 4 is 11.7 Å². The van der Waals surface area contributed by atoms with E-state index in [1.165, 1.54) is 32.1 Å². The van der Waals surface area contributed by atoms with Crippen molar-refractivity contribution in [1.29, 1.82) is 0 Å². The zero-order valence-electron chi connectivity index (χ0n) is 13.1. The SMILES string of the molecule is COc1ccc(C)cc1NC(=O)NCCC1CCCCC1. The van der Waals surface area contributed by atoms with Gasteiger partial charge < -0.3 is 15.4 Å². The highest BCUT2D eigenvalue weighted by Gasteiger charge is 2.13. The average Bonchev–Trinajstić information content (AvgIpc) is 2.48. The molecule has 2 amide bonds. The van der Waals surface area contributed by atoms with Crippen molar-refractivity contribution in [2.75, 3.05) is 19.0 Å². The standard InChI is InChI=1S/C17H26N2O2/c1-13-8-9-16(21-2)15(12-13)19-17(20)18-11-10-14-6-4-3-5-7-14/h8-9,12,14H,3-7,10-11H2,1-2H3,(H2,18,19,20). The first kappa shape index (κ1) is 15.7. The molecule has 0 unspecified atom stereocenters. The van der Waals surface area contributed by atoms with Crippen molar-refractivity contribution in [2.45, 2.75) is 45.4 Å². The molecule has 4 nitrogen and oxygen atoms in total. The van der Waals surface area contributed by atoms with E-state index in [0.29, 0.717) is 11.4 Å². The first-order chi connectivity index (χ1) is 10.2. The third kappa shape index (κ3) is 4.96. The number of methoxy groups -OCH3 is 1. The Hall–Kier alpha value is -1.71. The predicted molar refractivity (Wildman–Crippen MR) is 85.9 cm³/mol. The maximum atomic E-state index is 12.0. The van der Waals surface area contributed by atoms with Gasteiger partial charge in [-0.15, -0.1) is 0 Å². The van der Waals surface area contributed by atoms with Crippen LogP contribution in [-0.4, -0.2) is 19.7 Å². The van der Waals surface area contributed by atoms with Gasteiger partial charge in [-0.1, -0.05) is 38.2 Å². The molecule has 2 N–H and O–H groups in total. The maximum Gasteiger partial charge on any atom is 0.319 e. The first-order valence-corrected chi connectivity index (χ1v) is 7.88. The molecule has 1 aromatic carbocycles. The highest BCUT2D eigenvalue weighted by Crippen LogP contribution is 2.26. The lowest BCUT2D eigenvalue weighted by molar-refractivity contribution is 0.250. The Kier molecular flexibility index (Phi) is 5.90. The monoisotopic (exact) mass is 290 g/mol. The van der Waals surface area contributed by atoms with Gasteiger partial charge in [0.25, 0.3) is 0 Å². The summed E-state index contributed by atoms with van der Waals surface area (Å²) in [4.78, 5) is 12.0. The molecule has 1 aromatic rings. The van der Waals surface area contributed by atoms with E-state index in [0.717, 1.165) is 24.4 Å². The molecule has 1 saturated carbocycles. The van der Waals surface area contributed by atoms with Crippen molar-refractivity contribution in [1.82, 2.24) is 5.32 Å². The zero-order chi connectivity index (χ0) is 15.1. The minimum atomic E-state index is -0.158. The maximum absolute atomic E-state index is 12.0. The van der Waals surface area contributed by atoms with Gasteiger partial charge in [-0.2, -0.15) is 0 Å². The van der Waals surface area contributed by atoms with Crippen LogP contribution >= 0.6 is 0 Å². The summed E-state index contributed by atoms with van der Waals surface area (Å²) in [5, 5.41) is 5.81. The third-order valence-corrected chi connectivity index (χ3v) is 4.17. The summed E-state index contributed by atoms with van der Waals surface area (Å²) in [6.07, 6.45) is 7.77. The largest absolute Gasteiger partial charge is 0.495 e. The van der Waals surface area contributed by atoms with Crippen molar-refractivity contribution in [2.24, 2.45) is 5.92 Å². The summed E-state index contributed by atoms with van der Waals surface area (Å²) >= 11 is 0. The number of ether oxygens (including phenoxy) is 1. The number of carbonyl (C=O) groups is 1. The highest BCUT2D eigenvalue weighted by atomic mass is 16.5. The molecular formula is C17H26N2O2.